The molecule has 1 aromatic rings. The third-order valence-electron chi connectivity index (χ3n) is 11.3. The summed E-state index contributed by atoms with van der Waals surface area (Å²) in [5.74, 6) is -2.36. The van der Waals surface area contributed by atoms with Crippen molar-refractivity contribution in [2.75, 3.05) is 0 Å². The number of phenolic OH excluding ortho intramolecular Hbond substituents is 1. The van der Waals surface area contributed by atoms with Crippen molar-refractivity contribution in [1.82, 2.24) is 0 Å². The van der Waals surface area contributed by atoms with Crippen molar-refractivity contribution < 1.29 is 43.5 Å². The van der Waals surface area contributed by atoms with Gasteiger partial charge < -0.3 is 29.2 Å². The van der Waals surface area contributed by atoms with E-state index in [-0.39, 0.29) is 46.5 Å². The number of carbonyl (C=O) groups is 3. The van der Waals surface area contributed by atoms with Crippen molar-refractivity contribution in [2.24, 2.45) is 11.8 Å². The first-order valence-corrected chi connectivity index (χ1v) is 16.6. The molecule has 2 saturated heterocycles. The number of allylic oxidation sites excluding steroid dienone is 3. The third kappa shape index (κ3) is 4.38. The third-order valence-corrected chi connectivity index (χ3v) is 11.3. The molecule has 4 bridgehead atoms. The van der Waals surface area contributed by atoms with Crippen molar-refractivity contribution in [1.29, 1.82) is 0 Å². The van der Waals surface area contributed by atoms with Crippen LogP contribution in [0, 0.1) is 11.8 Å². The maximum Gasteiger partial charge on any atom is 0.330 e. The molecule has 2 unspecified atom stereocenters. The van der Waals surface area contributed by atoms with Crippen molar-refractivity contribution in [2.45, 2.75) is 122 Å². The number of aliphatic carboxylic acids is 1. The van der Waals surface area contributed by atoms with Gasteiger partial charge in [0.15, 0.2) is 22.8 Å². The van der Waals surface area contributed by atoms with Gasteiger partial charge in [-0.05, 0) is 86.8 Å². The van der Waals surface area contributed by atoms with E-state index in [9.17, 15) is 24.6 Å². The molecule has 9 heteroatoms. The van der Waals surface area contributed by atoms with E-state index >= 15 is 0 Å². The molecule has 47 heavy (non-hydrogen) atoms. The minimum absolute atomic E-state index is 0.0417. The Morgan fingerprint density at radius 2 is 1.72 bits per heavy atom. The van der Waals surface area contributed by atoms with Crippen LogP contribution in [0.25, 0.3) is 6.08 Å². The summed E-state index contributed by atoms with van der Waals surface area (Å²) in [7, 11) is 0. The molecule has 3 aliphatic carbocycles. The van der Waals surface area contributed by atoms with Gasteiger partial charge in [-0.2, -0.15) is 0 Å². The molecule has 3 fully saturated rings. The molecule has 4 aliphatic heterocycles. The van der Waals surface area contributed by atoms with Crippen molar-refractivity contribution in [3.63, 3.8) is 0 Å². The Hall–Kier alpha value is -3.69. The van der Waals surface area contributed by atoms with Crippen LogP contribution in [-0.2, 0) is 25.5 Å². The fourth-order valence-electron chi connectivity index (χ4n) is 8.67. The molecule has 2 N–H and O–H groups in total. The van der Waals surface area contributed by atoms with Gasteiger partial charge in [0.2, 0.25) is 0 Å². The average Bonchev–Trinajstić information content (AvgIpc) is 3.55. The molecule has 1 spiro atoms. The number of aromatic hydroxyl groups is 1. The van der Waals surface area contributed by atoms with E-state index in [2.05, 4.69) is 19.9 Å². The number of carboxylic acid groups (broad SMARTS) is 1. The van der Waals surface area contributed by atoms with Crippen LogP contribution in [0.4, 0.5) is 0 Å². The van der Waals surface area contributed by atoms with Gasteiger partial charge in [0.1, 0.15) is 28.4 Å². The number of Topliss-reactive ketones (excluding diaryl/α,β-unsaturated/α-hetero) is 2. The zero-order valence-corrected chi connectivity index (χ0v) is 28.4. The monoisotopic (exact) mass is 644 g/mol. The number of carboxylic acids is 1. The largest absolute Gasteiger partial charge is 0.506 e. The Morgan fingerprint density at radius 1 is 1.02 bits per heavy atom. The Labute approximate surface area is 275 Å². The number of hydrogen-bond donors (Lipinski definition) is 2. The number of epoxide rings is 1. The summed E-state index contributed by atoms with van der Waals surface area (Å²) in [6, 6.07) is 0. The summed E-state index contributed by atoms with van der Waals surface area (Å²) in [5, 5.41) is 21.5. The number of carbonyl (C=O) groups excluding carboxylic acids is 2. The predicted molar refractivity (Wildman–Crippen MR) is 174 cm³/mol. The lowest BCUT2D eigenvalue weighted by atomic mass is 9.51. The van der Waals surface area contributed by atoms with Crippen LogP contribution < -0.4 is 9.47 Å². The molecule has 8 rings (SSSR count). The quantitative estimate of drug-likeness (QED) is 0.186. The minimum atomic E-state index is -1.64. The SMILES string of the molecule is CC(C)=CCC[C@]1(C)C=Cc2c(O)c3c(c(CC4OC4(C)C)c2O1)O[C@]12C(=C[C@@H]4CC1C(C)(C)O[C@@]2(C/C=C(/C)C(=O)O)C4=O)C3=O. The number of fused-ring (bicyclic) bond motifs is 2. The topological polar surface area (TPSA) is 132 Å². The number of benzene rings is 1. The number of ether oxygens (including phenoxy) is 4. The number of phenols is 1. The average molecular weight is 645 g/mol. The second kappa shape index (κ2) is 9.92. The standard InChI is InChI=1S/C38H44O9/c1-19(2)10-9-13-36(8)14-12-22-28(39)27-29(40)24-16-21-17-25-34(4,5)47-37(32(21)41,15-11-20(3)33(42)43)38(24,25)46-31(27)23(30(22)45-36)18-26-35(6,7)44-26/h10-12,14,16,21,25-26,39H,9,13,15,17-18H2,1-8H3,(H,42,43)/b20-11-/t21-,25?,26?,36-,37+,38-/m1/s1. The fraction of sp³-hybridized carbons (Fsp3) is 0.553. The van der Waals surface area contributed by atoms with E-state index in [4.69, 9.17) is 18.9 Å². The van der Waals surface area contributed by atoms with E-state index < -0.39 is 51.6 Å². The summed E-state index contributed by atoms with van der Waals surface area (Å²) >= 11 is 0. The maximum absolute atomic E-state index is 14.8. The molecule has 4 heterocycles. The van der Waals surface area contributed by atoms with Crippen LogP contribution in [0.2, 0.25) is 0 Å². The maximum atomic E-state index is 14.8. The predicted octanol–water partition coefficient (Wildman–Crippen LogP) is 6.45. The molecule has 0 radical (unpaired) electrons. The van der Waals surface area contributed by atoms with Crippen molar-refractivity contribution >= 4 is 23.6 Å². The molecular formula is C38H44O9. The zero-order valence-electron chi connectivity index (χ0n) is 28.4. The van der Waals surface area contributed by atoms with Crippen LogP contribution in [0.15, 0.2) is 41.0 Å². The van der Waals surface area contributed by atoms with Crippen LogP contribution in [-0.4, -0.2) is 61.9 Å². The molecule has 1 aromatic carbocycles. The first kappa shape index (κ1) is 31.9. The lowest BCUT2D eigenvalue weighted by Gasteiger charge is -2.56. The fourth-order valence-corrected chi connectivity index (χ4v) is 8.67. The highest BCUT2D eigenvalue weighted by Crippen LogP contribution is 2.69. The van der Waals surface area contributed by atoms with Gasteiger partial charge in [-0.25, -0.2) is 4.79 Å². The number of ketones is 2. The summed E-state index contributed by atoms with van der Waals surface area (Å²) in [6.07, 6.45) is 11.1. The lowest BCUT2D eigenvalue weighted by Crippen LogP contribution is -2.72. The molecular weight excluding hydrogens is 600 g/mol. The van der Waals surface area contributed by atoms with E-state index in [0.29, 0.717) is 36.1 Å². The first-order valence-electron chi connectivity index (χ1n) is 16.6. The van der Waals surface area contributed by atoms with Gasteiger partial charge in [-0.3, -0.25) is 9.59 Å². The molecule has 9 nitrogen and oxygen atoms in total. The van der Waals surface area contributed by atoms with E-state index in [1.807, 2.05) is 46.8 Å². The van der Waals surface area contributed by atoms with Gasteiger partial charge in [0.25, 0.3) is 0 Å². The zero-order chi connectivity index (χ0) is 34.1. The van der Waals surface area contributed by atoms with Gasteiger partial charge >= 0.3 is 5.97 Å². The highest BCUT2D eigenvalue weighted by atomic mass is 16.6. The van der Waals surface area contributed by atoms with Gasteiger partial charge in [0.05, 0.1) is 22.9 Å². The van der Waals surface area contributed by atoms with E-state index in [1.165, 1.54) is 18.6 Å². The van der Waals surface area contributed by atoms with E-state index in [1.54, 1.807) is 6.08 Å². The highest BCUT2D eigenvalue weighted by molar-refractivity contribution is 6.19. The highest BCUT2D eigenvalue weighted by Gasteiger charge is 2.81. The van der Waals surface area contributed by atoms with Crippen LogP contribution in [0.1, 0.15) is 103 Å². The van der Waals surface area contributed by atoms with Crippen molar-refractivity contribution in [3.8, 4) is 17.2 Å². The Bertz CT molecular complexity index is 1770. The smallest absolute Gasteiger partial charge is 0.330 e. The molecule has 0 aromatic heterocycles. The summed E-state index contributed by atoms with van der Waals surface area (Å²) < 4.78 is 26.7. The summed E-state index contributed by atoms with van der Waals surface area (Å²) in [5.41, 5.74) is -2.53. The molecule has 1 saturated carbocycles. The van der Waals surface area contributed by atoms with Crippen LogP contribution in [0.3, 0.4) is 0 Å². The molecule has 0 amide bonds. The number of rotatable bonds is 8. The van der Waals surface area contributed by atoms with Crippen LogP contribution in [0.5, 0.6) is 17.2 Å². The van der Waals surface area contributed by atoms with Gasteiger partial charge in [0, 0.05) is 41.4 Å². The summed E-state index contributed by atoms with van der Waals surface area (Å²) in [6.45, 7) is 15.4. The normalized spacial score (nSPS) is 34.9. The second-order valence-corrected chi connectivity index (χ2v) is 15.7. The van der Waals surface area contributed by atoms with E-state index in [0.717, 1.165) is 6.42 Å². The Balaban J connectivity index is 1.44. The molecule has 6 atom stereocenters. The minimum Gasteiger partial charge on any atom is -0.506 e. The van der Waals surface area contributed by atoms with Crippen molar-refractivity contribution in [3.05, 3.63) is 57.7 Å². The Kier molecular flexibility index (Phi) is 6.73. The number of hydrogen-bond acceptors (Lipinski definition) is 8. The first-order chi connectivity index (χ1) is 21.9. The molecule has 7 aliphatic rings. The summed E-state index contributed by atoms with van der Waals surface area (Å²) in [4.78, 5) is 41.0. The Morgan fingerprint density at radius 3 is 2.36 bits per heavy atom. The van der Waals surface area contributed by atoms with Crippen LogP contribution >= 0.6 is 0 Å². The van der Waals surface area contributed by atoms with Gasteiger partial charge in [-0.15, -0.1) is 0 Å². The van der Waals surface area contributed by atoms with Gasteiger partial charge in [-0.1, -0.05) is 23.8 Å². The molecule has 250 valence electrons. The lowest BCUT2D eigenvalue weighted by molar-refractivity contribution is -0.171. The second-order valence-electron chi connectivity index (χ2n) is 15.7.